The number of aromatic nitrogens is 3. The van der Waals surface area contributed by atoms with Gasteiger partial charge in [0.25, 0.3) is 0 Å². The number of aryl methyl sites for hydroxylation is 1. The molecule has 2 heterocycles. The highest BCUT2D eigenvalue weighted by Gasteiger charge is 2.26. The van der Waals surface area contributed by atoms with Crippen LogP contribution in [0.4, 0.5) is 0 Å². The molecule has 7 heteroatoms. The summed E-state index contributed by atoms with van der Waals surface area (Å²) in [4.78, 5) is 12.5. The van der Waals surface area contributed by atoms with Gasteiger partial charge < -0.3 is 14.8 Å². The van der Waals surface area contributed by atoms with E-state index in [2.05, 4.69) is 33.8 Å². The van der Waals surface area contributed by atoms with Crippen LogP contribution in [0.3, 0.4) is 0 Å². The Labute approximate surface area is 170 Å². The van der Waals surface area contributed by atoms with E-state index in [1.807, 2.05) is 26.1 Å². The highest BCUT2D eigenvalue weighted by Crippen LogP contribution is 2.37. The van der Waals surface area contributed by atoms with E-state index in [9.17, 15) is 4.79 Å². The first-order valence-electron chi connectivity index (χ1n) is 9.96. The van der Waals surface area contributed by atoms with E-state index >= 15 is 0 Å². The van der Waals surface area contributed by atoms with Crippen LogP contribution in [-0.2, 0) is 29.5 Å². The Morgan fingerprint density at radius 3 is 3.00 bits per heavy atom. The standard InChI is InChI=1S/C22H26N4O3/c1-4-29-21(27)12-18(17-7-5-6-14-13-23-9-8-16(14)17)15-10-19-22(20(11-15)28-3)26(2)25-24-19/h5-7,10-11,18,23H,4,8-9,12-13H2,1-3H3/t18-/m1/s1. The van der Waals surface area contributed by atoms with Crippen molar-refractivity contribution in [1.29, 1.82) is 0 Å². The van der Waals surface area contributed by atoms with Crippen molar-refractivity contribution in [3.8, 4) is 5.75 Å². The van der Waals surface area contributed by atoms with Gasteiger partial charge in [0, 0.05) is 19.5 Å². The molecule has 0 bridgehead atoms. The first-order valence-corrected chi connectivity index (χ1v) is 9.96. The maximum absolute atomic E-state index is 12.5. The van der Waals surface area contributed by atoms with Crippen LogP contribution in [0.2, 0.25) is 0 Å². The number of ether oxygens (including phenoxy) is 2. The Morgan fingerprint density at radius 1 is 1.34 bits per heavy atom. The van der Waals surface area contributed by atoms with Crippen LogP contribution >= 0.6 is 0 Å². The Hall–Kier alpha value is -2.93. The fourth-order valence-corrected chi connectivity index (χ4v) is 4.21. The number of hydrogen-bond acceptors (Lipinski definition) is 6. The summed E-state index contributed by atoms with van der Waals surface area (Å²) in [6, 6.07) is 10.4. The normalized spacial score (nSPS) is 14.4. The summed E-state index contributed by atoms with van der Waals surface area (Å²) < 4.78 is 12.6. The molecule has 1 aliphatic heterocycles. The number of benzene rings is 2. The smallest absolute Gasteiger partial charge is 0.306 e. The maximum Gasteiger partial charge on any atom is 0.306 e. The van der Waals surface area contributed by atoms with Crippen LogP contribution in [-0.4, -0.2) is 41.2 Å². The van der Waals surface area contributed by atoms with Gasteiger partial charge in [-0.15, -0.1) is 5.10 Å². The molecule has 0 radical (unpaired) electrons. The lowest BCUT2D eigenvalue weighted by atomic mass is 9.82. The van der Waals surface area contributed by atoms with E-state index in [-0.39, 0.29) is 18.3 Å². The summed E-state index contributed by atoms with van der Waals surface area (Å²) in [5.74, 6) is 0.356. The number of nitrogens with one attached hydrogen (secondary N) is 1. The number of carbonyl (C=O) groups excluding carboxylic acids is 1. The first-order chi connectivity index (χ1) is 14.1. The largest absolute Gasteiger partial charge is 0.494 e. The van der Waals surface area contributed by atoms with Gasteiger partial charge in [-0.25, -0.2) is 4.68 Å². The van der Waals surface area contributed by atoms with Crippen molar-refractivity contribution in [2.45, 2.75) is 32.2 Å². The van der Waals surface area contributed by atoms with Crippen LogP contribution in [0, 0.1) is 0 Å². The molecule has 152 valence electrons. The molecule has 7 nitrogen and oxygen atoms in total. The molecule has 29 heavy (non-hydrogen) atoms. The van der Waals surface area contributed by atoms with Crippen LogP contribution in [0.1, 0.15) is 41.5 Å². The summed E-state index contributed by atoms with van der Waals surface area (Å²) in [7, 11) is 3.48. The van der Waals surface area contributed by atoms with Crippen molar-refractivity contribution in [3.63, 3.8) is 0 Å². The molecule has 1 aromatic heterocycles. The van der Waals surface area contributed by atoms with E-state index < -0.39 is 0 Å². The SMILES string of the molecule is CCOC(=O)C[C@H](c1cc(OC)c2c(c1)nnn2C)c1cccc2c1CCNC2. The molecule has 1 N–H and O–H groups in total. The zero-order valence-electron chi connectivity index (χ0n) is 17.1. The lowest BCUT2D eigenvalue weighted by molar-refractivity contribution is -0.143. The Bertz CT molecular complexity index is 1040. The molecule has 3 aromatic rings. The van der Waals surface area contributed by atoms with Gasteiger partial charge in [-0.05, 0) is 54.3 Å². The number of fused-ring (bicyclic) bond motifs is 2. The third-order valence-electron chi connectivity index (χ3n) is 5.54. The summed E-state index contributed by atoms with van der Waals surface area (Å²) in [5, 5.41) is 11.8. The number of methoxy groups -OCH3 is 1. The van der Waals surface area contributed by atoms with E-state index in [0.29, 0.717) is 12.4 Å². The third kappa shape index (κ3) is 3.70. The molecule has 1 aliphatic rings. The van der Waals surface area contributed by atoms with E-state index in [1.54, 1.807) is 11.8 Å². The second kappa shape index (κ2) is 8.21. The van der Waals surface area contributed by atoms with Gasteiger partial charge in [0.15, 0.2) is 0 Å². The maximum atomic E-state index is 12.5. The molecular weight excluding hydrogens is 368 g/mol. The van der Waals surface area contributed by atoms with Crippen molar-refractivity contribution in [2.75, 3.05) is 20.3 Å². The van der Waals surface area contributed by atoms with Crippen LogP contribution < -0.4 is 10.1 Å². The first kappa shape index (κ1) is 19.4. The number of hydrogen-bond donors (Lipinski definition) is 1. The quantitative estimate of drug-likeness (QED) is 0.648. The molecule has 2 aromatic carbocycles. The minimum atomic E-state index is -0.206. The van der Waals surface area contributed by atoms with Crippen molar-refractivity contribution < 1.29 is 14.3 Å². The molecule has 0 amide bonds. The lowest BCUT2D eigenvalue weighted by Gasteiger charge is -2.26. The summed E-state index contributed by atoms with van der Waals surface area (Å²) >= 11 is 0. The predicted molar refractivity (Wildman–Crippen MR) is 110 cm³/mol. The molecule has 0 fully saturated rings. The van der Waals surface area contributed by atoms with Gasteiger partial charge in [-0.3, -0.25) is 4.79 Å². The van der Waals surface area contributed by atoms with Gasteiger partial charge in [0.05, 0.1) is 20.1 Å². The lowest BCUT2D eigenvalue weighted by Crippen LogP contribution is -2.25. The average molecular weight is 394 g/mol. The van der Waals surface area contributed by atoms with Crippen molar-refractivity contribution in [2.24, 2.45) is 7.05 Å². The van der Waals surface area contributed by atoms with Crippen molar-refractivity contribution >= 4 is 17.0 Å². The van der Waals surface area contributed by atoms with E-state index in [4.69, 9.17) is 9.47 Å². The Balaban J connectivity index is 1.86. The minimum Gasteiger partial charge on any atom is -0.494 e. The fourth-order valence-electron chi connectivity index (χ4n) is 4.21. The van der Waals surface area contributed by atoms with Gasteiger partial charge in [-0.1, -0.05) is 23.4 Å². The Morgan fingerprint density at radius 2 is 2.21 bits per heavy atom. The van der Waals surface area contributed by atoms with Gasteiger partial charge >= 0.3 is 5.97 Å². The molecule has 0 unspecified atom stereocenters. The zero-order chi connectivity index (χ0) is 20.4. The molecule has 0 saturated carbocycles. The molecular formula is C22H26N4O3. The Kier molecular flexibility index (Phi) is 5.49. The summed E-state index contributed by atoms with van der Waals surface area (Å²) in [6.07, 6.45) is 1.21. The molecule has 0 spiro atoms. The number of nitrogens with zero attached hydrogens (tertiary/aromatic N) is 3. The van der Waals surface area contributed by atoms with Crippen molar-refractivity contribution in [1.82, 2.24) is 20.3 Å². The van der Waals surface area contributed by atoms with Gasteiger partial charge in [0.2, 0.25) is 0 Å². The second-order valence-electron chi connectivity index (χ2n) is 7.28. The van der Waals surface area contributed by atoms with E-state index in [0.717, 1.165) is 36.1 Å². The fraction of sp³-hybridized carbons (Fsp3) is 0.409. The second-order valence-corrected chi connectivity index (χ2v) is 7.28. The molecule has 1 atom stereocenters. The van der Waals surface area contributed by atoms with Crippen LogP contribution in [0.5, 0.6) is 5.75 Å². The van der Waals surface area contributed by atoms with Crippen molar-refractivity contribution in [3.05, 3.63) is 52.6 Å². The third-order valence-corrected chi connectivity index (χ3v) is 5.54. The monoisotopic (exact) mass is 394 g/mol. The van der Waals surface area contributed by atoms with Gasteiger partial charge in [0.1, 0.15) is 16.8 Å². The van der Waals surface area contributed by atoms with Gasteiger partial charge in [-0.2, -0.15) is 0 Å². The van der Waals surface area contributed by atoms with E-state index in [1.165, 1.54) is 16.7 Å². The topological polar surface area (TPSA) is 78.3 Å². The number of esters is 1. The highest BCUT2D eigenvalue weighted by molar-refractivity contribution is 5.83. The molecule has 0 saturated heterocycles. The molecule has 0 aliphatic carbocycles. The molecule has 4 rings (SSSR count). The van der Waals surface area contributed by atoms with Crippen LogP contribution in [0.15, 0.2) is 30.3 Å². The highest BCUT2D eigenvalue weighted by atomic mass is 16.5. The number of rotatable bonds is 6. The van der Waals surface area contributed by atoms with Crippen LogP contribution in [0.25, 0.3) is 11.0 Å². The summed E-state index contributed by atoms with van der Waals surface area (Å²) in [6.45, 7) is 3.98. The zero-order valence-corrected chi connectivity index (χ0v) is 17.1. The summed E-state index contributed by atoms with van der Waals surface area (Å²) in [5.41, 5.74) is 6.35. The average Bonchev–Trinajstić information content (AvgIpc) is 3.12. The predicted octanol–water partition coefficient (Wildman–Crippen LogP) is 2.71. The minimum absolute atomic E-state index is 0.137. The number of carbonyl (C=O) groups is 1.